The molecule has 1 aromatic carbocycles. The molecule has 1 aromatic rings. The molecule has 3 heteroatoms. The third-order valence-electron chi connectivity index (χ3n) is 1.36. The Bertz CT molecular complexity index is 341. The van der Waals surface area contributed by atoms with Crippen LogP contribution in [0, 0.1) is 17.1 Å². The summed E-state index contributed by atoms with van der Waals surface area (Å²) >= 11 is 0. The molecule has 59 valence electrons. The highest BCUT2D eigenvalue weighted by molar-refractivity contribution is 5.56. The first kappa shape index (κ1) is 8.41. The van der Waals surface area contributed by atoms with E-state index in [2.05, 4.69) is 0 Å². The minimum Gasteiger partial charge on any atom is -0.291 e. The summed E-state index contributed by atoms with van der Waals surface area (Å²) in [6, 6.07) is 5.60. The first-order chi connectivity index (χ1) is 5.76. The monoisotopic (exact) mass is 162 g/mol. The summed E-state index contributed by atoms with van der Waals surface area (Å²) in [5.74, 6) is -0.501. The van der Waals surface area contributed by atoms with Crippen molar-refractivity contribution in [3.8, 4) is 6.07 Å². The predicted octanol–water partition coefficient (Wildman–Crippen LogP) is 1.35. The van der Waals surface area contributed by atoms with Gasteiger partial charge in [-0.05, 0) is 23.8 Å². The topological polar surface area (TPSA) is 40.9 Å². The van der Waals surface area contributed by atoms with Crippen LogP contribution in [0.5, 0.6) is 0 Å². The fourth-order valence-corrected chi connectivity index (χ4v) is 0.900. The van der Waals surface area contributed by atoms with Gasteiger partial charge in [-0.3, -0.25) is 4.79 Å². The summed E-state index contributed by atoms with van der Waals surface area (Å²) in [4.78, 5) is 9.95. The molecule has 0 aliphatic carbocycles. The predicted molar refractivity (Wildman–Crippen MR) is 40.5 cm³/mol. The van der Waals surface area contributed by atoms with Gasteiger partial charge in [0.2, 0.25) is 6.29 Å². The van der Waals surface area contributed by atoms with Gasteiger partial charge in [-0.15, -0.1) is 0 Å². The molecular weight excluding hydrogens is 157 g/mol. The van der Waals surface area contributed by atoms with Crippen LogP contribution in [0.2, 0.25) is 0 Å². The standard InChI is InChI=1S/C9H5FNO/c10-9-4-7(1-2-12)3-8(5-9)6-11/h3-5H,1H2. The molecule has 0 heterocycles. The number of nitrogens with zero attached hydrogens (tertiary/aromatic N) is 1. The van der Waals surface area contributed by atoms with Crippen molar-refractivity contribution >= 4 is 6.29 Å². The van der Waals surface area contributed by atoms with Gasteiger partial charge < -0.3 is 0 Å². The summed E-state index contributed by atoms with van der Waals surface area (Å²) in [6.07, 6.45) is 1.66. The van der Waals surface area contributed by atoms with E-state index in [0.717, 1.165) is 6.07 Å². The molecule has 0 aliphatic heterocycles. The summed E-state index contributed by atoms with van der Waals surface area (Å²) < 4.78 is 12.7. The van der Waals surface area contributed by atoms with Gasteiger partial charge in [0, 0.05) is 6.42 Å². The van der Waals surface area contributed by atoms with Crippen LogP contribution in [0.1, 0.15) is 11.1 Å². The highest BCUT2D eigenvalue weighted by Gasteiger charge is 1.99. The number of rotatable bonds is 2. The van der Waals surface area contributed by atoms with Crippen LogP contribution in [0.3, 0.4) is 0 Å². The van der Waals surface area contributed by atoms with Gasteiger partial charge in [0.25, 0.3) is 0 Å². The zero-order valence-electron chi connectivity index (χ0n) is 6.17. The zero-order valence-corrected chi connectivity index (χ0v) is 6.17. The van der Waals surface area contributed by atoms with Crippen molar-refractivity contribution in [2.75, 3.05) is 0 Å². The van der Waals surface area contributed by atoms with Crippen molar-refractivity contribution in [1.29, 1.82) is 5.26 Å². The second-order valence-electron chi connectivity index (χ2n) is 2.28. The molecule has 0 atom stereocenters. The Balaban J connectivity index is 3.07. The van der Waals surface area contributed by atoms with E-state index in [1.165, 1.54) is 12.1 Å². The van der Waals surface area contributed by atoms with Crippen molar-refractivity contribution in [2.45, 2.75) is 6.42 Å². The first-order valence-corrected chi connectivity index (χ1v) is 3.31. The summed E-state index contributed by atoms with van der Waals surface area (Å²) in [5, 5.41) is 8.44. The van der Waals surface area contributed by atoms with Gasteiger partial charge in [-0.2, -0.15) is 5.26 Å². The highest BCUT2D eigenvalue weighted by Crippen LogP contribution is 2.08. The molecule has 0 amide bonds. The van der Waals surface area contributed by atoms with Crippen molar-refractivity contribution in [3.63, 3.8) is 0 Å². The fourth-order valence-electron chi connectivity index (χ4n) is 0.900. The third kappa shape index (κ3) is 1.89. The van der Waals surface area contributed by atoms with Crippen molar-refractivity contribution in [1.82, 2.24) is 0 Å². The van der Waals surface area contributed by atoms with E-state index in [1.807, 2.05) is 0 Å². The van der Waals surface area contributed by atoms with E-state index in [0.29, 0.717) is 5.56 Å². The first-order valence-electron chi connectivity index (χ1n) is 3.31. The number of benzene rings is 1. The fraction of sp³-hybridized carbons (Fsp3) is 0.111. The maximum Gasteiger partial charge on any atom is 0.203 e. The van der Waals surface area contributed by atoms with Crippen LogP contribution >= 0.6 is 0 Å². The Hall–Kier alpha value is -1.69. The van der Waals surface area contributed by atoms with E-state index in [9.17, 15) is 9.18 Å². The van der Waals surface area contributed by atoms with Gasteiger partial charge in [0.05, 0.1) is 11.6 Å². The third-order valence-corrected chi connectivity index (χ3v) is 1.36. The number of nitriles is 1. The number of halogens is 1. The molecule has 2 nitrogen and oxygen atoms in total. The van der Waals surface area contributed by atoms with Crippen molar-refractivity contribution in [3.05, 3.63) is 35.1 Å². The lowest BCUT2D eigenvalue weighted by atomic mass is 10.1. The van der Waals surface area contributed by atoms with E-state index < -0.39 is 5.82 Å². The Morgan fingerprint density at radius 1 is 1.42 bits per heavy atom. The molecule has 0 saturated heterocycles. The molecule has 0 unspecified atom stereocenters. The van der Waals surface area contributed by atoms with E-state index >= 15 is 0 Å². The molecule has 0 saturated carbocycles. The van der Waals surface area contributed by atoms with Crippen molar-refractivity contribution in [2.24, 2.45) is 0 Å². The Kier molecular flexibility index (Phi) is 2.54. The molecule has 0 N–H and O–H groups in total. The van der Waals surface area contributed by atoms with Crippen LogP contribution in [0.4, 0.5) is 4.39 Å². The highest BCUT2D eigenvalue weighted by atomic mass is 19.1. The van der Waals surface area contributed by atoms with Crippen LogP contribution in [-0.4, -0.2) is 6.29 Å². The lowest BCUT2D eigenvalue weighted by molar-refractivity contribution is 0.555. The van der Waals surface area contributed by atoms with Gasteiger partial charge >= 0.3 is 0 Å². The van der Waals surface area contributed by atoms with Crippen molar-refractivity contribution < 1.29 is 9.18 Å². The molecule has 0 fully saturated rings. The van der Waals surface area contributed by atoms with Gasteiger partial charge in [-0.25, -0.2) is 4.39 Å². The summed E-state index contributed by atoms with van der Waals surface area (Å²) in [6.45, 7) is 0. The smallest absolute Gasteiger partial charge is 0.203 e. The van der Waals surface area contributed by atoms with Gasteiger partial charge in [-0.1, -0.05) is 0 Å². The van der Waals surface area contributed by atoms with Crippen LogP contribution < -0.4 is 0 Å². The van der Waals surface area contributed by atoms with Gasteiger partial charge in [0.15, 0.2) is 0 Å². The lowest BCUT2D eigenvalue weighted by Crippen LogP contribution is -1.89. The quantitative estimate of drug-likeness (QED) is 0.658. The Labute approximate surface area is 69.2 Å². The Morgan fingerprint density at radius 3 is 2.75 bits per heavy atom. The van der Waals surface area contributed by atoms with E-state index in [1.54, 1.807) is 12.4 Å². The minimum absolute atomic E-state index is 0.0203. The molecule has 0 aliphatic rings. The molecule has 12 heavy (non-hydrogen) atoms. The van der Waals surface area contributed by atoms with E-state index in [4.69, 9.17) is 5.26 Å². The maximum atomic E-state index is 12.7. The molecule has 0 spiro atoms. The number of hydrogen-bond acceptors (Lipinski definition) is 2. The minimum atomic E-state index is -0.501. The van der Waals surface area contributed by atoms with Crippen LogP contribution in [0.15, 0.2) is 18.2 Å². The molecule has 1 radical (unpaired) electrons. The molecule has 1 rings (SSSR count). The molecular formula is C9H5FNO. The summed E-state index contributed by atoms with van der Waals surface area (Å²) in [5.41, 5.74) is 0.696. The molecule has 0 bridgehead atoms. The number of hydrogen-bond donors (Lipinski definition) is 0. The van der Waals surface area contributed by atoms with Crippen LogP contribution in [-0.2, 0) is 11.2 Å². The zero-order chi connectivity index (χ0) is 8.97. The lowest BCUT2D eigenvalue weighted by Gasteiger charge is -1.95. The average Bonchev–Trinajstić information content (AvgIpc) is 2.04. The second-order valence-corrected chi connectivity index (χ2v) is 2.28. The Morgan fingerprint density at radius 2 is 2.17 bits per heavy atom. The normalized spacial score (nSPS) is 9.00. The van der Waals surface area contributed by atoms with E-state index in [-0.39, 0.29) is 12.0 Å². The SMILES string of the molecule is N#Cc1cc(F)cc(C[C]=O)c1. The average molecular weight is 162 g/mol. The number of carbonyl (C=O) groups excluding carboxylic acids is 1. The van der Waals surface area contributed by atoms with Gasteiger partial charge in [0.1, 0.15) is 5.82 Å². The largest absolute Gasteiger partial charge is 0.291 e. The summed E-state index contributed by atoms with van der Waals surface area (Å²) in [7, 11) is 0. The van der Waals surface area contributed by atoms with Crippen LogP contribution in [0.25, 0.3) is 0 Å². The second kappa shape index (κ2) is 3.63. The maximum absolute atomic E-state index is 12.7. The molecule has 0 aromatic heterocycles.